The highest BCUT2D eigenvalue weighted by molar-refractivity contribution is 8.18. The molecule has 10 heteroatoms. The molecule has 2 aromatic rings. The molecule has 1 aliphatic carbocycles. The molecule has 2 N–H and O–H groups in total. The fraction of sp³-hybridized carbons (Fsp3) is 0.222. The summed E-state index contributed by atoms with van der Waals surface area (Å²) in [5.74, 6) is -0.629. The van der Waals surface area contributed by atoms with Crippen molar-refractivity contribution in [3.63, 3.8) is 0 Å². The summed E-state index contributed by atoms with van der Waals surface area (Å²) in [6, 6.07) is 4.39. The summed E-state index contributed by atoms with van der Waals surface area (Å²) in [4.78, 5) is 33.7. The Morgan fingerprint density at radius 3 is 3.04 bits per heavy atom. The van der Waals surface area contributed by atoms with E-state index in [0.29, 0.717) is 15.2 Å². The smallest absolute Gasteiger partial charge is 0.264 e. The minimum Gasteiger partial charge on any atom is -0.302 e. The van der Waals surface area contributed by atoms with Crippen LogP contribution in [-0.2, 0) is 16.1 Å². The number of carbonyl (C=O) groups is 2. The molecular formula is C18H14ClFN4O2S2. The van der Waals surface area contributed by atoms with E-state index in [1.807, 2.05) is 0 Å². The largest absolute Gasteiger partial charge is 0.302 e. The number of nitrogens with zero attached hydrogens (tertiary/aromatic N) is 2. The van der Waals surface area contributed by atoms with Gasteiger partial charge in [0.2, 0.25) is 5.91 Å². The fourth-order valence-corrected chi connectivity index (χ4v) is 4.25. The van der Waals surface area contributed by atoms with Crippen molar-refractivity contribution in [2.45, 2.75) is 19.4 Å². The van der Waals surface area contributed by atoms with Gasteiger partial charge in [0.1, 0.15) is 5.82 Å². The number of rotatable bonds is 5. The van der Waals surface area contributed by atoms with Gasteiger partial charge in [0.05, 0.1) is 21.3 Å². The standard InChI is InChI=1S/C18H14ClFN4O2S2/c19-12-5-9(1-4-13(12)20)7-21-18-24-16(26)14(28-18)6-11-8-22-17(27-11)23-15(25)10-2-3-10/h1,4-6,8,10H,2-3,7H2,(H,21,24,26)(H,22,23,25)/b14-6-. The molecule has 0 bridgehead atoms. The number of aliphatic imine (C=N–C) groups is 1. The van der Waals surface area contributed by atoms with Gasteiger partial charge in [0, 0.05) is 12.1 Å². The second kappa shape index (κ2) is 8.02. The third-order valence-electron chi connectivity index (χ3n) is 4.02. The van der Waals surface area contributed by atoms with Crippen LogP contribution in [0.5, 0.6) is 0 Å². The van der Waals surface area contributed by atoms with Crippen LogP contribution in [-0.4, -0.2) is 22.0 Å². The van der Waals surface area contributed by atoms with Crippen molar-refractivity contribution in [2.75, 3.05) is 5.32 Å². The first kappa shape index (κ1) is 19.1. The third kappa shape index (κ3) is 4.60. The lowest BCUT2D eigenvalue weighted by atomic mass is 10.2. The number of benzene rings is 1. The molecule has 28 heavy (non-hydrogen) atoms. The molecule has 1 aliphatic heterocycles. The summed E-state index contributed by atoms with van der Waals surface area (Å²) < 4.78 is 13.2. The Hall–Kier alpha value is -2.23. The zero-order chi connectivity index (χ0) is 19.7. The van der Waals surface area contributed by atoms with Crippen molar-refractivity contribution in [1.29, 1.82) is 0 Å². The van der Waals surface area contributed by atoms with Crippen LogP contribution in [0.2, 0.25) is 5.02 Å². The Morgan fingerprint density at radius 1 is 1.46 bits per heavy atom. The fourth-order valence-electron chi connectivity index (χ4n) is 2.40. The molecule has 4 rings (SSSR count). The normalized spacial score (nSPS) is 19.3. The van der Waals surface area contributed by atoms with Gasteiger partial charge in [-0.25, -0.2) is 9.37 Å². The van der Waals surface area contributed by atoms with E-state index in [2.05, 4.69) is 20.6 Å². The molecule has 1 saturated heterocycles. The number of amides is 2. The van der Waals surface area contributed by atoms with Crippen molar-refractivity contribution in [2.24, 2.45) is 10.9 Å². The summed E-state index contributed by atoms with van der Waals surface area (Å²) in [5, 5.41) is 6.50. The Morgan fingerprint density at radius 2 is 2.29 bits per heavy atom. The molecule has 2 heterocycles. The van der Waals surface area contributed by atoms with Crippen LogP contribution < -0.4 is 10.6 Å². The lowest BCUT2D eigenvalue weighted by Gasteiger charge is -2.00. The van der Waals surface area contributed by atoms with Gasteiger partial charge in [-0.05, 0) is 48.4 Å². The summed E-state index contributed by atoms with van der Waals surface area (Å²) in [5.41, 5.74) is 0.740. The van der Waals surface area contributed by atoms with Gasteiger partial charge in [-0.2, -0.15) is 0 Å². The number of nitrogens with one attached hydrogen (secondary N) is 2. The lowest BCUT2D eigenvalue weighted by molar-refractivity contribution is -0.117. The van der Waals surface area contributed by atoms with E-state index >= 15 is 0 Å². The summed E-state index contributed by atoms with van der Waals surface area (Å²) in [6.45, 7) is 0.272. The van der Waals surface area contributed by atoms with Gasteiger partial charge < -0.3 is 10.6 Å². The molecule has 1 aromatic heterocycles. The second-order valence-electron chi connectivity index (χ2n) is 6.27. The maximum atomic E-state index is 13.2. The highest BCUT2D eigenvalue weighted by atomic mass is 35.5. The van der Waals surface area contributed by atoms with Crippen LogP contribution in [0.1, 0.15) is 23.3 Å². The second-order valence-corrected chi connectivity index (χ2v) is 8.77. The molecule has 1 aromatic carbocycles. The van der Waals surface area contributed by atoms with Crippen LogP contribution in [0.15, 0.2) is 34.3 Å². The van der Waals surface area contributed by atoms with Gasteiger partial charge in [-0.1, -0.05) is 29.0 Å². The predicted octanol–water partition coefficient (Wildman–Crippen LogP) is 4.04. The number of anilines is 1. The van der Waals surface area contributed by atoms with Gasteiger partial charge in [0.15, 0.2) is 10.3 Å². The number of thioether (sulfide) groups is 1. The lowest BCUT2D eigenvalue weighted by Crippen LogP contribution is -2.19. The number of carbonyl (C=O) groups excluding carboxylic acids is 2. The van der Waals surface area contributed by atoms with E-state index in [4.69, 9.17) is 11.6 Å². The quantitative estimate of drug-likeness (QED) is 0.693. The maximum absolute atomic E-state index is 13.2. The molecule has 6 nitrogen and oxygen atoms in total. The van der Waals surface area contributed by atoms with Crippen molar-refractivity contribution < 1.29 is 14.0 Å². The van der Waals surface area contributed by atoms with Crippen molar-refractivity contribution in [3.05, 3.63) is 50.6 Å². The molecule has 2 fully saturated rings. The Bertz CT molecular complexity index is 1020. The number of thiazole rings is 1. The Kier molecular flexibility index (Phi) is 5.47. The molecule has 2 aliphatic rings. The summed E-state index contributed by atoms with van der Waals surface area (Å²) in [6.07, 6.45) is 5.18. The highest BCUT2D eigenvalue weighted by Gasteiger charge is 2.30. The van der Waals surface area contributed by atoms with Gasteiger partial charge >= 0.3 is 0 Å². The Labute approximate surface area is 173 Å². The van der Waals surface area contributed by atoms with E-state index in [0.717, 1.165) is 23.3 Å². The molecule has 0 radical (unpaired) electrons. The minimum absolute atomic E-state index is 0.00291. The first-order valence-electron chi connectivity index (χ1n) is 8.44. The number of hydrogen-bond acceptors (Lipinski definition) is 6. The zero-order valence-corrected chi connectivity index (χ0v) is 16.8. The maximum Gasteiger partial charge on any atom is 0.264 e. The SMILES string of the molecule is O=C1NC(=NCc2ccc(F)c(Cl)c2)S/C1=C\c1cnc(NC(=O)C2CC2)s1. The molecule has 144 valence electrons. The van der Waals surface area contributed by atoms with E-state index in [9.17, 15) is 14.0 Å². The van der Waals surface area contributed by atoms with Gasteiger partial charge in [0.25, 0.3) is 5.91 Å². The van der Waals surface area contributed by atoms with E-state index in [1.54, 1.807) is 18.3 Å². The molecule has 0 unspecified atom stereocenters. The van der Waals surface area contributed by atoms with Crippen molar-refractivity contribution >= 4 is 62.9 Å². The highest BCUT2D eigenvalue weighted by Crippen LogP contribution is 2.32. The van der Waals surface area contributed by atoms with Crippen LogP contribution in [0.3, 0.4) is 0 Å². The average molecular weight is 437 g/mol. The van der Waals surface area contributed by atoms with Crippen molar-refractivity contribution in [3.8, 4) is 0 Å². The average Bonchev–Trinajstić information content (AvgIpc) is 3.34. The Balaban J connectivity index is 1.40. The number of aromatic nitrogens is 1. The monoisotopic (exact) mass is 436 g/mol. The predicted molar refractivity (Wildman–Crippen MR) is 110 cm³/mol. The topological polar surface area (TPSA) is 83.4 Å². The van der Waals surface area contributed by atoms with Gasteiger partial charge in [-0.3, -0.25) is 14.6 Å². The minimum atomic E-state index is -0.482. The van der Waals surface area contributed by atoms with Crippen LogP contribution in [0.4, 0.5) is 9.52 Å². The van der Waals surface area contributed by atoms with Crippen molar-refractivity contribution in [1.82, 2.24) is 10.3 Å². The first-order valence-corrected chi connectivity index (χ1v) is 10.4. The summed E-state index contributed by atoms with van der Waals surface area (Å²) >= 11 is 8.28. The van der Waals surface area contributed by atoms with E-state index in [-0.39, 0.29) is 29.3 Å². The van der Waals surface area contributed by atoms with Crippen LogP contribution in [0, 0.1) is 11.7 Å². The molecule has 2 amide bonds. The molecule has 0 atom stereocenters. The number of halogens is 2. The molecular weight excluding hydrogens is 423 g/mol. The van der Waals surface area contributed by atoms with Crippen LogP contribution in [0.25, 0.3) is 6.08 Å². The zero-order valence-electron chi connectivity index (χ0n) is 14.4. The molecule has 0 spiro atoms. The van der Waals surface area contributed by atoms with E-state index in [1.165, 1.54) is 35.2 Å². The third-order valence-corrected chi connectivity index (χ3v) is 6.11. The summed E-state index contributed by atoms with van der Waals surface area (Å²) in [7, 11) is 0. The first-order chi connectivity index (χ1) is 13.5. The number of amidine groups is 1. The number of hydrogen-bond donors (Lipinski definition) is 2. The molecule has 1 saturated carbocycles. The van der Waals surface area contributed by atoms with Gasteiger partial charge in [-0.15, -0.1) is 0 Å². The van der Waals surface area contributed by atoms with Crippen LogP contribution >= 0.6 is 34.7 Å². The van der Waals surface area contributed by atoms with E-state index < -0.39 is 5.82 Å².